The second kappa shape index (κ2) is 8.52. The van der Waals surface area contributed by atoms with Crippen LogP contribution in [0.15, 0.2) is 58.3 Å². The molecule has 0 bridgehead atoms. The Hall–Kier alpha value is -2.57. The number of hydrogen-bond donors (Lipinski definition) is 1. The summed E-state index contributed by atoms with van der Waals surface area (Å²) in [6, 6.07) is 7.10. The molecule has 1 aromatic rings. The normalized spacial score (nSPS) is 22.4. The molecule has 0 aliphatic carbocycles. The van der Waals surface area contributed by atoms with Crippen LogP contribution in [0.3, 0.4) is 0 Å². The topological polar surface area (TPSA) is 51.5 Å². The first kappa shape index (κ1) is 20.3. The van der Waals surface area contributed by atoms with E-state index in [0.717, 1.165) is 74.9 Å². The second-order valence-corrected chi connectivity index (χ2v) is 8.93. The molecule has 4 aliphatic heterocycles. The largest absolute Gasteiger partial charge is 0.493 e. The van der Waals surface area contributed by atoms with Crippen LogP contribution in [-0.2, 0) is 6.42 Å². The summed E-state index contributed by atoms with van der Waals surface area (Å²) < 4.78 is 5.77. The lowest BCUT2D eigenvalue weighted by Gasteiger charge is -2.40. The van der Waals surface area contributed by atoms with Crippen molar-refractivity contribution in [2.24, 2.45) is 4.99 Å². The number of aliphatic hydroxyl groups excluding tert-OH is 1. The standard InChI is InChI=1S/C25H32N4O2/c1-18-3-4-20(17-30)15-29-16-25(26-14-23(18)29)28-10-8-27(9-11-28)19(2)22-6-5-21-7-12-31-24(21)13-22/h5-6,13-16,19,30H,3-4,7-12,17H2,1-2H3. The number of rotatable bonds is 4. The Bertz CT molecular complexity index is 970. The van der Waals surface area contributed by atoms with Gasteiger partial charge in [0.05, 0.1) is 31.3 Å². The van der Waals surface area contributed by atoms with Crippen molar-refractivity contribution in [2.45, 2.75) is 39.2 Å². The van der Waals surface area contributed by atoms with Crippen LogP contribution in [0.4, 0.5) is 0 Å². The number of nitrogens with zero attached hydrogens (tertiary/aromatic N) is 4. The summed E-state index contributed by atoms with van der Waals surface area (Å²) in [5, 5.41) is 9.64. The Morgan fingerprint density at radius 1 is 1.10 bits per heavy atom. The van der Waals surface area contributed by atoms with E-state index in [0.29, 0.717) is 6.04 Å². The van der Waals surface area contributed by atoms with Crippen LogP contribution in [0.2, 0.25) is 0 Å². The van der Waals surface area contributed by atoms with Crippen molar-refractivity contribution < 1.29 is 9.84 Å². The predicted octanol–water partition coefficient (Wildman–Crippen LogP) is 3.43. The second-order valence-electron chi connectivity index (χ2n) is 8.93. The van der Waals surface area contributed by atoms with Crippen LogP contribution >= 0.6 is 0 Å². The number of hydrogen-bond acceptors (Lipinski definition) is 6. The van der Waals surface area contributed by atoms with E-state index in [1.165, 1.54) is 16.7 Å². The van der Waals surface area contributed by atoms with Crippen molar-refractivity contribution in [3.8, 4) is 5.75 Å². The van der Waals surface area contributed by atoms with Gasteiger partial charge < -0.3 is 19.6 Å². The lowest BCUT2D eigenvalue weighted by molar-refractivity contribution is 0.121. The summed E-state index contributed by atoms with van der Waals surface area (Å²) in [5.74, 6) is 2.07. The predicted molar refractivity (Wildman–Crippen MR) is 123 cm³/mol. The number of piperazine rings is 1. The van der Waals surface area contributed by atoms with Gasteiger partial charge in [-0.25, -0.2) is 4.99 Å². The Morgan fingerprint density at radius 2 is 1.94 bits per heavy atom. The third-order valence-electron chi connectivity index (χ3n) is 7.02. The molecule has 4 aliphatic rings. The van der Waals surface area contributed by atoms with Gasteiger partial charge in [0.25, 0.3) is 0 Å². The molecule has 0 aromatic heterocycles. The molecule has 6 nitrogen and oxygen atoms in total. The quantitative estimate of drug-likeness (QED) is 0.809. The van der Waals surface area contributed by atoms with E-state index in [2.05, 4.69) is 59.1 Å². The summed E-state index contributed by atoms with van der Waals surface area (Å²) in [7, 11) is 0. The molecule has 1 unspecified atom stereocenters. The molecule has 0 radical (unpaired) electrons. The third-order valence-corrected chi connectivity index (χ3v) is 7.02. The van der Waals surface area contributed by atoms with Crippen LogP contribution in [0.25, 0.3) is 0 Å². The molecule has 5 rings (SSSR count). The van der Waals surface area contributed by atoms with Gasteiger partial charge in [-0.3, -0.25) is 4.90 Å². The fourth-order valence-corrected chi connectivity index (χ4v) is 4.87. The number of aliphatic imine (C=N–C) groups is 1. The van der Waals surface area contributed by atoms with Crippen LogP contribution in [0.5, 0.6) is 5.75 Å². The van der Waals surface area contributed by atoms with Crippen molar-refractivity contribution in [3.63, 3.8) is 0 Å². The van der Waals surface area contributed by atoms with Crippen molar-refractivity contribution >= 4 is 6.21 Å². The van der Waals surface area contributed by atoms with E-state index >= 15 is 0 Å². The van der Waals surface area contributed by atoms with E-state index in [4.69, 9.17) is 9.73 Å². The minimum atomic E-state index is 0.113. The first-order chi connectivity index (χ1) is 15.1. The van der Waals surface area contributed by atoms with Gasteiger partial charge in [0, 0.05) is 44.8 Å². The van der Waals surface area contributed by atoms with Gasteiger partial charge in [0.15, 0.2) is 0 Å². The van der Waals surface area contributed by atoms with Gasteiger partial charge in [0.2, 0.25) is 0 Å². The summed E-state index contributed by atoms with van der Waals surface area (Å²) in [5.41, 5.74) is 6.19. The molecule has 1 atom stereocenters. The van der Waals surface area contributed by atoms with Crippen LogP contribution in [0, 0.1) is 0 Å². The number of ether oxygens (including phenoxy) is 1. The Kier molecular flexibility index (Phi) is 5.59. The molecule has 0 amide bonds. The smallest absolute Gasteiger partial charge is 0.145 e. The van der Waals surface area contributed by atoms with Gasteiger partial charge >= 0.3 is 0 Å². The molecule has 31 heavy (non-hydrogen) atoms. The average Bonchev–Trinajstić information content (AvgIpc) is 3.22. The lowest BCUT2D eigenvalue weighted by atomic mass is 10.0. The lowest BCUT2D eigenvalue weighted by Crippen LogP contribution is -2.46. The van der Waals surface area contributed by atoms with Gasteiger partial charge in [-0.15, -0.1) is 0 Å². The molecule has 6 heteroatoms. The first-order valence-electron chi connectivity index (χ1n) is 11.4. The maximum atomic E-state index is 9.64. The van der Waals surface area contributed by atoms with Crippen LogP contribution in [-0.4, -0.2) is 65.4 Å². The summed E-state index contributed by atoms with van der Waals surface area (Å²) in [6.07, 6.45) is 9.09. The van der Waals surface area contributed by atoms with Gasteiger partial charge in [-0.1, -0.05) is 12.1 Å². The maximum Gasteiger partial charge on any atom is 0.145 e. The Morgan fingerprint density at radius 3 is 2.74 bits per heavy atom. The third kappa shape index (κ3) is 4.02. The zero-order valence-electron chi connectivity index (χ0n) is 18.5. The molecular weight excluding hydrogens is 388 g/mol. The highest BCUT2D eigenvalue weighted by atomic mass is 16.5. The Labute approximate surface area is 184 Å². The molecular formula is C25H32N4O2. The number of benzene rings is 1. The SMILES string of the molecule is CC1=C2C=NC(N3CCN(C(C)c4ccc5c(c4)OCC5)CC3)=CN2C=C(CO)CC1. The molecule has 1 N–H and O–H groups in total. The van der Waals surface area contributed by atoms with Crippen LogP contribution in [0.1, 0.15) is 43.9 Å². The van der Waals surface area contributed by atoms with E-state index in [1.54, 1.807) is 0 Å². The molecule has 164 valence electrons. The summed E-state index contributed by atoms with van der Waals surface area (Å²) in [6.45, 7) is 9.30. The molecule has 0 saturated carbocycles. The van der Waals surface area contributed by atoms with E-state index in [9.17, 15) is 5.11 Å². The van der Waals surface area contributed by atoms with Crippen LogP contribution < -0.4 is 4.74 Å². The van der Waals surface area contributed by atoms with E-state index in [-0.39, 0.29) is 6.61 Å². The van der Waals surface area contributed by atoms with Gasteiger partial charge in [-0.2, -0.15) is 0 Å². The van der Waals surface area contributed by atoms with Crippen molar-refractivity contribution in [1.82, 2.24) is 14.7 Å². The molecule has 1 fully saturated rings. The molecule has 4 heterocycles. The van der Waals surface area contributed by atoms with E-state index in [1.807, 2.05) is 6.21 Å². The molecule has 1 saturated heterocycles. The zero-order chi connectivity index (χ0) is 21.4. The molecule has 0 spiro atoms. The number of allylic oxidation sites excluding steroid dienone is 2. The number of fused-ring (bicyclic) bond motifs is 2. The zero-order valence-corrected chi connectivity index (χ0v) is 18.5. The highest BCUT2D eigenvalue weighted by Gasteiger charge is 2.26. The minimum absolute atomic E-state index is 0.113. The van der Waals surface area contributed by atoms with Crippen molar-refractivity contribution in [2.75, 3.05) is 39.4 Å². The fraction of sp³-hybridized carbons (Fsp3) is 0.480. The highest BCUT2D eigenvalue weighted by Crippen LogP contribution is 2.32. The molecule has 1 aromatic carbocycles. The average molecular weight is 421 g/mol. The minimum Gasteiger partial charge on any atom is -0.493 e. The van der Waals surface area contributed by atoms with E-state index < -0.39 is 0 Å². The monoisotopic (exact) mass is 420 g/mol. The summed E-state index contributed by atoms with van der Waals surface area (Å²) in [4.78, 5) is 11.8. The number of aliphatic hydroxyl groups is 1. The highest BCUT2D eigenvalue weighted by molar-refractivity contribution is 5.81. The first-order valence-corrected chi connectivity index (χ1v) is 11.4. The summed E-state index contributed by atoms with van der Waals surface area (Å²) >= 11 is 0. The van der Waals surface area contributed by atoms with Gasteiger partial charge in [-0.05, 0) is 55.0 Å². The van der Waals surface area contributed by atoms with Crippen molar-refractivity contribution in [3.05, 3.63) is 64.4 Å². The Balaban J connectivity index is 1.26. The van der Waals surface area contributed by atoms with Gasteiger partial charge in [0.1, 0.15) is 11.6 Å². The fourth-order valence-electron chi connectivity index (χ4n) is 4.87. The maximum absolute atomic E-state index is 9.64. The van der Waals surface area contributed by atoms with Crippen molar-refractivity contribution in [1.29, 1.82) is 0 Å².